The third kappa shape index (κ3) is 8.00. The zero-order valence-corrected chi connectivity index (χ0v) is 16.4. The maximum Gasteiger partial charge on any atom is 0.0813 e. The number of hydrogen-bond acceptors (Lipinski definition) is 3. The second kappa shape index (κ2) is 12.3. The molecule has 1 aliphatic carbocycles. The van der Waals surface area contributed by atoms with Gasteiger partial charge in [-0.1, -0.05) is 71.1 Å². The van der Waals surface area contributed by atoms with Gasteiger partial charge >= 0.3 is 0 Å². The van der Waals surface area contributed by atoms with E-state index in [1.54, 1.807) is 0 Å². The molecule has 1 aliphatic rings. The molecular formula is C20H43N3. The molecule has 2 N–H and O–H groups in total. The van der Waals surface area contributed by atoms with Gasteiger partial charge in [0.1, 0.15) is 0 Å². The van der Waals surface area contributed by atoms with Crippen LogP contribution >= 0.6 is 0 Å². The predicted octanol–water partition coefficient (Wildman–Crippen LogP) is 4.53. The third-order valence-electron chi connectivity index (χ3n) is 5.88. The van der Waals surface area contributed by atoms with Gasteiger partial charge in [-0.25, -0.2) is 0 Å². The van der Waals surface area contributed by atoms with E-state index in [9.17, 15) is 0 Å². The lowest BCUT2D eigenvalue weighted by Crippen LogP contribution is -2.61. The fourth-order valence-electron chi connectivity index (χ4n) is 4.07. The van der Waals surface area contributed by atoms with Crippen molar-refractivity contribution in [1.29, 1.82) is 0 Å². The van der Waals surface area contributed by atoms with Crippen LogP contribution in [0.25, 0.3) is 0 Å². The number of rotatable bonds is 13. The predicted molar refractivity (Wildman–Crippen MR) is 103 cm³/mol. The Morgan fingerprint density at radius 2 is 1.43 bits per heavy atom. The molecule has 0 aromatic carbocycles. The zero-order chi connectivity index (χ0) is 17.0. The van der Waals surface area contributed by atoms with E-state index in [4.69, 9.17) is 0 Å². The summed E-state index contributed by atoms with van der Waals surface area (Å²) >= 11 is 0. The Bertz CT molecular complexity index is 270. The topological polar surface area (TPSA) is 27.3 Å². The van der Waals surface area contributed by atoms with Gasteiger partial charge in [0, 0.05) is 12.6 Å². The van der Waals surface area contributed by atoms with E-state index in [2.05, 4.69) is 43.6 Å². The van der Waals surface area contributed by atoms with Gasteiger partial charge in [0.05, 0.1) is 5.66 Å². The molecule has 23 heavy (non-hydrogen) atoms. The van der Waals surface area contributed by atoms with Crippen molar-refractivity contribution in [2.24, 2.45) is 0 Å². The van der Waals surface area contributed by atoms with Crippen LogP contribution in [0.3, 0.4) is 0 Å². The van der Waals surface area contributed by atoms with Crippen molar-refractivity contribution in [2.75, 3.05) is 27.7 Å². The molecule has 0 saturated heterocycles. The summed E-state index contributed by atoms with van der Waals surface area (Å²) in [6.07, 6.45) is 18.0. The summed E-state index contributed by atoms with van der Waals surface area (Å²) in [6.45, 7) is 3.40. The molecule has 0 spiro atoms. The average molecular weight is 326 g/mol. The Kier molecular flexibility index (Phi) is 11.2. The quantitative estimate of drug-likeness (QED) is 0.385. The van der Waals surface area contributed by atoms with Crippen molar-refractivity contribution in [2.45, 2.75) is 102 Å². The van der Waals surface area contributed by atoms with Crippen LogP contribution in [0.2, 0.25) is 0 Å². The Labute approximate surface area is 146 Å². The maximum atomic E-state index is 3.59. The van der Waals surface area contributed by atoms with Crippen LogP contribution in [0.1, 0.15) is 90.4 Å². The minimum Gasteiger partial charge on any atom is -0.301 e. The summed E-state index contributed by atoms with van der Waals surface area (Å²) in [5, 5.41) is 7.19. The summed E-state index contributed by atoms with van der Waals surface area (Å²) in [4.78, 5) is 2.60. The molecule has 1 saturated carbocycles. The Morgan fingerprint density at radius 3 is 2.00 bits per heavy atom. The highest BCUT2D eigenvalue weighted by Gasteiger charge is 2.30. The van der Waals surface area contributed by atoms with E-state index in [1.165, 1.54) is 83.5 Å². The van der Waals surface area contributed by atoms with Crippen LogP contribution in [0.15, 0.2) is 0 Å². The molecule has 0 heterocycles. The van der Waals surface area contributed by atoms with Crippen LogP contribution in [0.4, 0.5) is 0 Å². The number of nitrogens with zero attached hydrogens (tertiary/aromatic N) is 1. The third-order valence-corrected chi connectivity index (χ3v) is 5.88. The van der Waals surface area contributed by atoms with Gasteiger partial charge in [-0.15, -0.1) is 0 Å². The number of hydrogen-bond donors (Lipinski definition) is 2. The van der Waals surface area contributed by atoms with Crippen molar-refractivity contribution in [1.82, 2.24) is 15.5 Å². The SMILES string of the molecule is CCCCCCCCCC(CN(C)C1CCCCC1)(NC)NC. The number of likely N-dealkylation sites (N-methyl/N-ethyl adjacent to an activating group) is 3. The lowest BCUT2D eigenvalue weighted by molar-refractivity contribution is 0.116. The second-order valence-corrected chi connectivity index (χ2v) is 7.66. The largest absolute Gasteiger partial charge is 0.301 e. The van der Waals surface area contributed by atoms with Gasteiger partial charge in [0.25, 0.3) is 0 Å². The van der Waals surface area contributed by atoms with Crippen LogP contribution in [0.5, 0.6) is 0 Å². The lowest BCUT2D eigenvalue weighted by atomic mass is 9.93. The van der Waals surface area contributed by atoms with Crippen molar-refractivity contribution in [3.05, 3.63) is 0 Å². The first kappa shape index (κ1) is 20.9. The number of unbranched alkanes of at least 4 members (excludes halogenated alkanes) is 6. The van der Waals surface area contributed by atoms with Crippen molar-refractivity contribution < 1.29 is 0 Å². The van der Waals surface area contributed by atoms with E-state index in [0.29, 0.717) is 0 Å². The molecule has 138 valence electrons. The van der Waals surface area contributed by atoms with Gasteiger partial charge in [-0.2, -0.15) is 0 Å². The smallest absolute Gasteiger partial charge is 0.0813 e. The Hall–Kier alpha value is -0.120. The summed E-state index contributed by atoms with van der Waals surface area (Å²) in [7, 11) is 6.56. The standard InChI is InChI=1S/C20H43N3/c1-5-6-7-8-9-10-14-17-20(21-2,22-3)18-23(4)19-15-12-11-13-16-19/h19,21-22H,5-18H2,1-4H3. The van der Waals surface area contributed by atoms with Crippen molar-refractivity contribution >= 4 is 0 Å². The molecule has 0 aliphatic heterocycles. The first-order chi connectivity index (χ1) is 11.2. The van der Waals surface area contributed by atoms with E-state index in [1.807, 2.05) is 0 Å². The molecule has 1 rings (SSSR count). The molecule has 0 aromatic rings. The highest BCUT2D eigenvalue weighted by molar-refractivity contribution is 4.88. The summed E-state index contributed by atoms with van der Waals surface area (Å²) in [6, 6.07) is 0.791. The highest BCUT2D eigenvalue weighted by atomic mass is 15.3. The van der Waals surface area contributed by atoms with Crippen LogP contribution in [-0.4, -0.2) is 44.3 Å². The van der Waals surface area contributed by atoms with Gasteiger partial charge < -0.3 is 15.5 Å². The minimum atomic E-state index is 0.0790. The van der Waals surface area contributed by atoms with E-state index < -0.39 is 0 Å². The molecule has 3 nitrogen and oxygen atoms in total. The summed E-state index contributed by atoms with van der Waals surface area (Å²) in [5.74, 6) is 0. The van der Waals surface area contributed by atoms with Gasteiger partial charge in [0.2, 0.25) is 0 Å². The fraction of sp³-hybridized carbons (Fsp3) is 1.00. The van der Waals surface area contributed by atoms with E-state index in [-0.39, 0.29) is 5.66 Å². The molecule has 0 aromatic heterocycles. The number of nitrogens with one attached hydrogen (secondary N) is 2. The molecule has 0 unspecified atom stereocenters. The summed E-state index contributed by atoms with van der Waals surface area (Å²) in [5.41, 5.74) is 0.0790. The molecule has 1 fully saturated rings. The first-order valence-corrected chi connectivity index (χ1v) is 10.3. The summed E-state index contributed by atoms with van der Waals surface area (Å²) < 4.78 is 0. The van der Waals surface area contributed by atoms with Crippen LogP contribution in [0, 0.1) is 0 Å². The Balaban J connectivity index is 2.32. The molecule has 3 heteroatoms. The maximum absolute atomic E-state index is 3.59. The molecule has 0 atom stereocenters. The zero-order valence-electron chi connectivity index (χ0n) is 16.4. The van der Waals surface area contributed by atoms with E-state index >= 15 is 0 Å². The van der Waals surface area contributed by atoms with Gasteiger partial charge in [-0.3, -0.25) is 0 Å². The second-order valence-electron chi connectivity index (χ2n) is 7.66. The normalized spacial score (nSPS) is 17.1. The van der Waals surface area contributed by atoms with Crippen molar-refractivity contribution in [3.8, 4) is 0 Å². The van der Waals surface area contributed by atoms with Crippen molar-refractivity contribution in [3.63, 3.8) is 0 Å². The highest BCUT2D eigenvalue weighted by Crippen LogP contribution is 2.24. The first-order valence-electron chi connectivity index (χ1n) is 10.3. The average Bonchev–Trinajstić information content (AvgIpc) is 2.60. The molecule has 0 radical (unpaired) electrons. The molecule has 0 bridgehead atoms. The van der Waals surface area contributed by atoms with Crippen LogP contribution < -0.4 is 10.6 Å². The van der Waals surface area contributed by atoms with Gasteiger partial charge in [0.15, 0.2) is 0 Å². The Morgan fingerprint density at radius 1 is 0.870 bits per heavy atom. The molecule has 0 amide bonds. The fourth-order valence-corrected chi connectivity index (χ4v) is 4.07. The van der Waals surface area contributed by atoms with E-state index in [0.717, 1.165) is 12.6 Å². The minimum absolute atomic E-state index is 0.0790. The monoisotopic (exact) mass is 325 g/mol. The lowest BCUT2D eigenvalue weighted by Gasteiger charge is -2.41. The van der Waals surface area contributed by atoms with Crippen LogP contribution in [-0.2, 0) is 0 Å². The molecular weight excluding hydrogens is 282 g/mol. The van der Waals surface area contributed by atoms with Gasteiger partial charge in [-0.05, 0) is 40.4 Å².